The smallest absolute Gasteiger partial charge is 0.266 e. The predicted molar refractivity (Wildman–Crippen MR) is 142 cm³/mol. The van der Waals surface area contributed by atoms with Crippen molar-refractivity contribution in [1.82, 2.24) is 0 Å². The van der Waals surface area contributed by atoms with Crippen molar-refractivity contribution in [3.8, 4) is 11.5 Å². The van der Waals surface area contributed by atoms with Crippen molar-refractivity contribution in [3.63, 3.8) is 0 Å². The molecule has 2 aliphatic heterocycles. The van der Waals surface area contributed by atoms with E-state index in [-0.39, 0.29) is 36.6 Å². The second-order valence-corrected chi connectivity index (χ2v) is 10.6. The number of carbonyl (C=O) groups excluding carboxylic acids is 1. The summed E-state index contributed by atoms with van der Waals surface area (Å²) < 4.78 is 27.3. The van der Waals surface area contributed by atoms with Crippen LogP contribution < -0.4 is 9.64 Å². The first-order chi connectivity index (χ1) is 17.8. The molecule has 0 spiro atoms. The SMILES string of the molecule is C[C@@H]1[C@@H](C(C)(C)F)[C@H](CCO)O[C@@H]1CCc1ccc(N2C(=O)c3ccccc3Oc3ccccc32)cc1. The third-order valence-electron chi connectivity index (χ3n) is 7.67. The number of alkyl halides is 1. The monoisotopic (exact) mass is 503 g/mol. The largest absolute Gasteiger partial charge is 0.454 e. The maximum atomic E-state index is 14.9. The molecule has 1 N–H and O–H groups in total. The van der Waals surface area contributed by atoms with Crippen LogP contribution in [-0.2, 0) is 11.2 Å². The van der Waals surface area contributed by atoms with Gasteiger partial charge in [0.15, 0.2) is 5.75 Å². The summed E-state index contributed by atoms with van der Waals surface area (Å²) in [5.41, 5.74) is 1.72. The van der Waals surface area contributed by atoms with E-state index in [1.54, 1.807) is 24.8 Å². The van der Waals surface area contributed by atoms with Gasteiger partial charge in [-0.1, -0.05) is 43.3 Å². The van der Waals surface area contributed by atoms with Gasteiger partial charge in [-0.25, -0.2) is 4.39 Å². The summed E-state index contributed by atoms with van der Waals surface area (Å²) in [6.07, 6.45) is 1.65. The highest BCUT2D eigenvalue weighted by Crippen LogP contribution is 2.44. The minimum atomic E-state index is -1.37. The van der Waals surface area contributed by atoms with E-state index in [0.717, 1.165) is 24.1 Å². The van der Waals surface area contributed by atoms with Crippen LogP contribution >= 0.6 is 0 Å². The molecule has 37 heavy (non-hydrogen) atoms. The van der Waals surface area contributed by atoms with Gasteiger partial charge in [0.1, 0.15) is 11.4 Å². The second kappa shape index (κ2) is 10.3. The molecule has 3 aromatic rings. The molecule has 0 saturated carbocycles. The zero-order valence-corrected chi connectivity index (χ0v) is 21.6. The normalized spacial score (nSPS) is 23.3. The highest BCUT2D eigenvalue weighted by Gasteiger charge is 2.48. The summed E-state index contributed by atoms with van der Waals surface area (Å²) in [4.78, 5) is 15.3. The Morgan fingerprint density at radius 3 is 2.30 bits per heavy atom. The van der Waals surface area contributed by atoms with E-state index in [4.69, 9.17) is 9.47 Å². The van der Waals surface area contributed by atoms with E-state index in [9.17, 15) is 14.3 Å². The predicted octanol–water partition coefficient (Wildman–Crippen LogP) is 6.85. The minimum absolute atomic E-state index is 0.00792. The van der Waals surface area contributed by atoms with Gasteiger partial charge in [-0.2, -0.15) is 0 Å². The molecule has 3 aromatic carbocycles. The summed E-state index contributed by atoms with van der Waals surface area (Å²) in [5.74, 6) is 0.837. The maximum Gasteiger partial charge on any atom is 0.266 e. The van der Waals surface area contributed by atoms with Crippen molar-refractivity contribution in [2.75, 3.05) is 11.5 Å². The van der Waals surface area contributed by atoms with Crippen LogP contribution in [-0.4, -0.2) is 35.5 Å². The Balaban J connectivity index is 1.34. The number of para-hydroxylation sites is 3. The quantitative estimate of drug-likeness (QED) is 0.383. The molecule has 0 unspecified atom stereocenters. The van der Waals surface area contributed by atoms with E-state index in [0.29, 0.717) is 29.2 Å². The van der Waals surface area contributed by atoms with Gasteiger partial charge in [-0.05, 0) is 81.0 Å². The average Bonchev–Trinajstić information content (AvgIpc) is 3.13. The molecule has 5 rings (SSSR count). The Kier molecular flexibility index (Phi) is 7.06. The average molecular weight is 504 g/mol. The number of nitrogens with zero attached hydrogens (tertiary/aromatic N) is 1. The summed E-state index contributed by atoms with van der Waals surface area (Å²) >= 11 is 0. The Bertz CT molecular complexity index is 1250. The molecular formula is C31H34FNO4. The first kappa shape index (κ1) is 25.4. The lowest BCUT2D eigenvalue weighted by Crippen LogP contribution is -2.37. The molecule has 1 saturated heterocycles. The Morgan fingerprint density at radius 1 is 0.919 bits per heavy atom. The van der Waals surface area contributed by atoms with Gasteiger partial charge >= 0.3 is 0 Å². The standard InChI is InChI=1S/C31H34FNO4/c1-20-25(36-28(18-19-34)29(20)31(2,3)32)17-14-21-12-15-22(16-13-21)33-24-9-5-7-11-27(24)37-26-10-6-4-8-23(26)30(33)35/h4-13,15-16,20,25,28-29,34H,14,17-19H2,1-3H3/t20-,25+,28-,29+/m0/s1. The molecular weight excluding hydrogens is 469 g/mol. The highest BCUT2D eigenvalue weighted by molar-refractivity contribution is 6.14. The van der Waals surface area contributed by atoms with Crippen molar-refractivity contribution in [1.29, 1.82) is 0 Å². The number of ether oxygens (including phenoxy) is 2. The summed E-state index contributed by atoms with van der Waals surface area (Å²) in [6.45, 7) is 5.26. The molecule has 4 atom stereocenters. The number of aliphatic hydroxyl groups is 1. The van der Waals surface area contributed by atoms with Crippen LogP contribution in [0.25, 0.3) is 0 Å². The first-order valence-corrected chi connectivity index (χ1v) is 13.0. The molecule has 5 nitrogen and oxygen atoms in total. The van der Waals surface area contributed by atoms with Gasteiger partial charge in [0.25, 0.3) is 5.91 Å². The highest BCUT2D eigenvalue weighted by atomic mass is 19.1. The van der Waals surface area contributed by atoms with Gasteiger partial charge in [0, 0.05) is 18.2 Å². The summed E-state index contributed by atoms with van der Waals surface area (Å²) in [7, 11) is 0. The third-order valence-corrected chi connectivity index (χ3v) is 7.67. The number of hydrogen-bond donors (Lipinski definition) is 1. The third kappa shape index (κ3) is 5.00. The van der Waals surface area contributed by atoms with Crippen LogP contribution in [0.3, 0.4) is 0 Å². The van der Waals surface area contributed by atoms with Crippen LogP contribution in [0.2, 0.25) is 0 Å². The van der Waals surface area contributed by atoms with Crippen LogP contribution in [0.15, 0.2) is 72.8 Å². The van der Waals surface area contributed by atoms with Gasteiger partial charge in [0.2, 0.25) is 0 Å². The minimum Gasteiger partial charge on any atom is -0.454 e. The molecule has 0 aromatic heterocycles. The van der Waals surface area contributed by atoms with Gasteiger partial charge in [0.05, 0.1) is 23.5 Å². The second-order valence-electron chi connectivity index (χ2n) is 10.6. The van der Waals surface area contributed by atoms with Crippen LogP contribution in [0.1, 0.15) is 49.5 Å². The fourth-order valence-corrected chi connectivity index (χ4v) is 5.96. The summed E-state index contributed by atoms with van der Waals surface area (Å²) in [6, 6.07) is 22.8. The molecule has 0 radical (unpaired) electrons. The van der Waals surface area contributed by atoms with E-state index >= 15 is 0 Å². The lowest BCUT2D eigenvalue weighted by atomic mass is 9.77. The van der Waals surface area contributed by atoms with Crippen LogP contribution in [0, 0.1) is 11.8 Å². The Labute approximate surface area is 217 Å². The molecule has 0 bridgehead atoms. The number of carbonyl (C=O) groups is 1. The number of amides is 1. The zero-order chi connectivity index (χ0) is 26.2. The zero-order valence-electron chi connectivity index (χ0n) is 21.6. The number of aryl methyl sites for hydroxylation is 1. The number of hydrogen-bond acceptors (Lipinski definition) is 4. The maximum absolute atomic E-state index is 14.9. The Morgan fingerprint density at radius 2 is 1.59 bits per heavy atom. The molecule has 1 fully saturated rings. The van der Waals surface area contributed by atoms with Crippen LogP contribution in [0.5, 0.6) is 11.5 Å². The van der Waals surface area contributed by atoms with E-state index in [2.05, 4.69) is 6.92 Å². The van der Waals surface area contributed by atoms with Gasteiger partial charge in [-0.3, -0.25) is 9.69 Å². The van der Waals surface area contributed by atoms with Crippen molar-refractivity contribution >= 4 is 17.3 Å². The topological polar surface area (TPSA) is 59.0 Å². The van der Waals surface area contributed by atoms with Crippen molar-refractivity contribution < 1.29 is 23.8 Å². The molecule has 2 aliphatic rings. The number of anilines is 2. The van der Waals surface area contributed by atoms with E-state index in [1.165, 1.54) is 0 Å². The Hall–Kier alpha value is -3.22. The lowest BCUT2D eigenvalue weighted by Gasteiger charge is -2.30. The number of benzene rings is 3. The van der Waals surface area contributed by atoms with E-state index in [1.807, 2.05) is 66.7 Å². The van der Waals surface area contributed by atoms with Crippen molar-refractivity contribution in [2.45, 2.75) is 57.9 Å². The summed E-state index contributed by atoms with van der Waals surface area (Å²) in [5, 5.41) is 9.44. The van der Waals surface area contributed by atoms with Crippen molar-refractivity contribution in [2.24, 2.45) is 11.8 Å². The van der Waals surface area contributed by atoms with Gasteiger partial charge < -0.3 is 14.6 Å². The fraction of sp³-hybridized carbons (Fsp3) is 0.387. The molecule has 194 valence electrons. The lowest BCUT2D eigenvalue weighted by molar-refractivity contribution is -0.00839. The molecule has 6 heteroatoms. The fourth-order valence-electron chi connectivity index (χ4n) is 5.96. The molecule has 2 heterocycles. The van der Waals surface area contributed by atoms with Gasteiger partial charge in [-0.15, -0.1) is 0 Å². The van der Waals surface area contributed by atoms with Crippen molar-refractivity contribution in [3.05, 3.63) is 83.9 Å². The molecule has 1 amide bonds. The number of fused-ring (bicyclic) bond motifs is 2. The van der Waals surface area contributed by atoms with Crippen LogP contribution in [0.4, 0.5) is 15.8 Å². The van der Waals surface area contributed by atoms with E-state index < -0.39 is 5.67 Å². The first-order valence-electron chi connectivity index (χ1n) is 13.0. The number of halogens is 1. The number of aliphatic hydroxyl groups excluding tert-OH is 1. The molecule has 0 aliphatic carbocycles. The number of rotatable bonds is 7.